The minimum atomic E-state index is -0.184. The van der Waals surface area contributed by atoms with Crippen LogP contribution in [0.4, 0.5) is 11.5 Å². The van der Waals surface area contributed by atoms with Gasteiger partial charge in [-0.25, -0.2) is 4.98 Å². The van der Waals surface area contributed by atoms with Crippen molar-refractivity contribution in [3.05, 3.63) is 89.1 Å². The van der Waals surface area contributed by atoms with E-state index in [2.05, 4.69) is 27.8 Å². The lowest BCUT2D eigenvalue weighted by Gasteiger charge is -2.08. The summed E-state index contributed by atoms with van der Waals surface area (Å²) in [6.07, 6.45) is 2.52. The summed E-state index contributed by atoms with van der Waals surface area (Å²) in [6.45, 7) is 0.749. The summed E-state index contributed by atoms with van der Waals surface area (Å²) in [7, 11) is 0. The van der Waals surface area contributed by atoms with E-state index in [0.29, 0.717) is 22.1 Å². The van der Waals surface area contributed by atoms with Gasteiger partial charge in [-0.3, -0.25) is 4.79 Å². The number of amides is 1. The number of nitrogens with zero attached hydrogens (tertiary/aromatic N) is 1. The molecule has 0 fully saturated rings. The molecule has 0 aliphatic carbocycles. The molecule has 3 rings (SSSR count). The molecular weight excluding hydrogens is 334 g/mol. The van der Waals surface area contributed by atoms with Crippen LogP contribution in [0.1, 0.15) is 15.9 Å². The topological polar surface area (TPSA) is 54.0 Å². The molecule has 0 aliphatic heterocycles. The molecule has 2 N–H and O–H groups in total. The number of hydrogen-bond acceptors (Lipinski definition) is 3. The molecule has 25 heavy (non-hydrogen) atoms. The first-order chi connectivity index (χ1) is 12.2. The van der Waals surface area contributed by atoms with Crippen molar-refractivity contribution in [2.75, 3.05) is 17.2 Å². The van der Waals surface area contributed by atoms with Gasteiger partial charge in [-0.1, -0.05) is 41.9 Å². The lowest BCUT2D eigenvalue weighted by molar-refractivity contribution is 0.102. The molecule has 4 nitrogen and oxygen atoms in total. The third kappa shape index (κ3) is 5.06. The molecule has 3 aromatic rings. The molecule has 0 unspecified atom stereocenters. The zero-order valence-corrected chi connectivity index (χ0v) is 14.3. The minimum absolute atomic E-state index is 0.184. The van der Waals surface area contributed by atoms with Crippen LogP contribution < -0.4 is 10.6 Å². The molecule has 5 heteroatoms. The van der Waals surface area contributed by atoms with Crippen LogP contribution in [0.3, 0.4) is 0 Å². The monoisotopic (exact) mass is 351 g/mol. The lowest BCUT2D eigenvalue weighted by Crippen LogP contribution is -2.13. The highest BCUT2D eigenvalue weighted by molar-refractivity contribution is 6.30. The van der Waals surface area contributed by atoms with E-state index in [4.69, 9.17) is 11.6 Å². The van der Waals surface area contributed by atoms with Crippen molar-refractivity contribution in [2.45, 2.75) is 6.42 Å². The van der Waals surface area contributed by atoms with Gasteiger partial charge in [0, 0.05) is 29.0 Å². The Hall–Kier alpha value is -2.85. The van der Waals surface area contributed by atoms with Crippen LogP contribution in [-0.2, 0) is 6.42 Å². The van der Waals surface area contributed by atoms with Gasteiger partial charge in [-0.2, -0.15) is 0 Å². The molecule has 1 amide bonds. The summed E-state index contributed by atoms with van der Waals surface area (Å²) in [5.74, 6) is 0.496. The average molecular weight is 352 g/mol. The Morgan fingerprint density at radius 1 is 1.00 bits per heavy atom. The van der Waals surface area contributed by atoms with Crippen molar-refractivity contribution in [2.24, 2.45) is 0 Å². The zero-order valence-electron chi connectivity index (χ0n) is 13.6. The molecule has 2 aromatic carbocycles. The van der Waals surface area contributed by atoms with Crippen LogP contribution in [0, 0.1) is 0 Å². The molecule has 0 radical (unpaired) electrons. The SMILES string of the molecule is O=C(Nc1ccc(Cl)cc1)c1ccnc(NCCc2ccccc2)c1. The average Bonchev–Trinajstić information content (AvgIpc) is 2.65. The molecule has 0 spiro atoms. The van der Waals surface area contributed by atoms with Crippen molar-refractivity contribution in [1.82, 2.24) is 4.98 Å². The van der Waals surface area contributed by atoms with Gasteiger partial charge in [0.1, 0.15) is 5.82 Å². The highest BCUT2D eigenvalue weighted by Gasteiger charge is 2.07. The highest BCUT2D eigenvalue weighted by atomic mass is 35.5. The lowest BCUT2D eigenvalue weighted by atomic mass is 10.1. The predicted octanol–water partition coefficient (Wildman–Crippen LogP) is 4.64. The third-order valence-corrected chi connectivity index (χ3v) is 3.94. The predicted molar refractivity (Wildman–Crippen MR) is 102 cm³/mol. The second-order valence-corrected chi connectivity index (χ2v) is 5.99. The van der Waals surface area contributed by atoms with Gasteiger partial charge < -0.3 is 10.6 Å². The molecule has 1 heterocycles. The normalized spacial score (nSPS) is 10.3. The summed E-state index contributed by atoms with van der Waals surface area (Å²) in [5, 5.41) is 6.72. The van der Waals surface area contributed by atoms with Gasteiger partial charge in [-0.15, -0.1) is 0 Å². The van der Waals surface area contributed by atoms with Crippen molar-refractivity contribution < 1.29 is 4.79 Å². The van der Waals surface area contributed by atoms with Crippen molar-refractivity contribution in [1.29, 1.82) is 0 Å². The fourth-order valence-corrected chi connectivity index (χ4v) is 2.51. The number of aromatic nitrogens is 1. The van der Waals surface area contributed by atoms with Crippen molar-refractivity contribution >= 4 is 29.0 Å². The van der Waals surface area contributed by atoms with Gasteiger partial charge in [0.25, 0.3) is 5.91 Å². The second-order valence-electron chi connectivity index (χ2n) is 5.55. The summed E-state index contributed by atoms with van der Waals surface area (Å²) in [4.78, 5) is 16.6. The van der Waals surface area contributed by atoms with E-state index in [9.17, 15) is 4.79 Å². The van der Waals surface area contributed by atoms with Gasteiger partial charge in [0.15, 0.2) is 0 Å². The molecule has 0 saturated heterocycles. The van der Waals surface area contributed by atoms with E-state index in [1.807, 2.05) is 18.2 Å². The van der Waals surface area contributed by atoms with Crippen LogP contribution in [0.25, 0.3) is 0 Å². The first-order valence-corrected chi connectivity index (χ1v) is 8.39. The third-order valence-electron chi connectivity index (χ3n) is 3.69. The molecule has 0 bridgehead atoms. The Labute approximate surface area is 151 Å². The smallest absolute Gasteiger partial charge is 0.255 e. The van der Waals surface area contributed by atoms with Crippen LogP contribution >= 0.6 is 11.6 Å². The summed E-state index contributed by atoms with van der Waals surface area (Å²) >= 11 is 5.85. The largest absolute Gasteiger partial charge is 0.370 e. The first-order valence-electron chi connectivity index (χ1n) is 8.01. The van der Waals surface area contributed by atoms with Gasteiger partial charge in [-0.05, 0) is 48.4 Å². The van der Waals surface area contributed by atoms with Gasteiger partial charge in [0.05, 0.1) is 0 Å². The zero-order chi connectivity index (χ0) is 17.5. The number of nitrogens with one attached hydrogen (secondary N) is 2. The maximum atomic E-state index is 12.3. The number of halogens is 1. The fraction of sp³-hybridized carbons (Fsp3) is 0.100. The Morgan fingerprint density at radius 3 is 2.52 bits per heavy atom. The summed E-state index contributed by atoms with van der Waals surface area (Å²) < 4.78 is 0. The van der Waals surface area contributed by atoms with E-state index in [-0.39, 0.29) is 5.91 Å². The number of carbonyl (C=O) groups is 1. The second kappa shape index (κ2) is 8.31. The fourth-order valence-electron chi connectivity index (χ4n) is 2.38. The minimum Gasteiger partial charge on any atom is -0.370 e. The molecule has 1 aromatic heterocycles. The Balaban J connectivity index is 1.58. The number of pyridine rings is 1. The number of anilines is 2. The summed E-state index contributed by atoms with van der Waals surface area (Å²) in [6, 6.07) is 20.7. The first kappa shape index (κ1) is 17.0. The number of hydrogen-bond donors (Lipinski definition) is 2. The molecule has 0 atom stereocenters. The van der Waals surface area contributed by atoms with Crippen molar-refractivity contribution in [3.8, 4) is 0 Å². The van der Waals surface area contributed by atoms with E-state index in [0.717, 1.165) is 13.0 Å². The highest BCUT2D eigenvalue weighted by Crippen LogP contribution is 2.15. The maximum absolute atomic E-state index is 12.3. The van der Waals surface area contributed by atoms with E-state index in [1.165, 1.54) is 5.56 Å². The molecular formula is C20H18ClN3O. The number of benzene rings is 2. The Bertz CT molecular complexity index is 835. The van der Waals surface area contributed by atoms with Gasteiger partial charge >= 0.3 is 0 Å². The van der Waals surface area contributed by atoms with Crippen molar-refractivity contribution in [3.63, 3.8) is 0 Å². The number of carbonyl (C=O) groups excluding carboxylic acids is 1. The maximum Gasteiger partial charge on any atom is 0.255 e. The van der Waals surface area contributed by atoms with E-state index >= 15 is 0 Å². The quantitative estimate of drug-likeness (QED) is 0.680. The van der Waals surface area contributed by atoms with Crippen LogP contribution in [0.2, 0.25) is 5.02 Å². The van der Waals surface area contributed by atoms with E-state index in [1.54, 1.807) is 42.6 Å². The van der Waals surface area contributed by atoms with Crippen LogP contribution in [0.5, 0.6) is 0 Å². The standard InChI is InChI=1S/C20H18ClN3O/c21-17-6-8-18(9-7-17)24-20(25)16-11-13-23-19(14-16)22-12-10-15-4-2-1-3-5-15/h1-9,11,13-14H,10,12H2,(H,22,23)(H,24,25). The number of rotatable bonds is 6. The molecule has 0 saturated carbocycles. The van der Waals surface area contributed by atoms with Gasteiger partial charge in [0.2, 0.25) is 0 Å². The Kier molecular flexibility index (Phi) is 5.65. The van der Waals surface area contributed by atoms with Crippen LogP contribution in [0.15, 0.2) is 72.9 Å². The van der Waals surface area contributed by atoms with Crippen LogP contribution in [-0.4, -0.2) is 17.4 Å². The molecule has 126 valence electrons. The molecule has 0 aliphatic rings. The van der Waals surface area contributed by atoms with E-state index < -0.39 is 0 Å². The summed E-state index contributed by atoms with van der Waals surface area (Å²) in [5.41, 5.74) is 2.50. The Morgan fingerprint density at radius 2 is 1.76 bits per heavy atom.